The van der Waals surface area contributed by atoms with Crippen molar-refractivity contribution in [3.05, 3.63) is 71.8 Å². The molecular formula is C23H28O2. The van der Waals surface area contributed by atoms with Crippen molar-refractivity contribution in [1.29, 1.82) is 0 Å². The minimum Gasteiger partial charge on any atom is -0.293 e. The van der Waals surface area contributed by atoms with Gasteiger partial charge in [0.05, 0.1) is 5.92 Å². The lowest BCUT2D eigenvalue weighted by Crippen LogP contribution is -2.32. The number of rotatable bonds is 10. The van der Waals surface area contributed by atoms with Crippen molar-refractivity contribution in [2.75, 3.05) is 0 Å². The van der Waals surface area contributed by atoms with Crippen molar-refractivity contribution in [3.8, 4) is 0 Å². The van der Waals surface area contributed by atoms with Gasteiger partial charge in [-0.2, -0.15) is 0 Å². The minimum absolute atomic E-state index is 0.0380. The molecule has 0 aliphatic rings. The smallest absolute Gasteiger partial charge is 0.173 e. The molecule has 2 aromatic rings. The highest BCUT2D eigenvalue weighted by atomic mass is 16.2. The number of benzene rings is 2. The number of unbranched alkanes of at least 4 members (excludes halogenated alkanes) is 1. The van der Waals surface area contributed by atoms with Crippen molar-refractivity contribution in [2.45, 2.75) is 46.0 Å². The molecule has 132 valence electrons. The summed E-state index contributed by atoms with van der Waals surface area (Å²) in [5, 5.41) is 0. The maximum Gasteiger partial charge on any atom is 0.173 e. The van der Waals surface area contributed by atoms with E-state index in [2.05, 4.69) is 13.8 Å². The molecule has 0 radical (unpaired) electrons. The molecule has 0 aromatic heterocycles. The van der Waals surface area contributed by atoms with Crippen LogP contribution < -0.4 is 0 Å². The number of hydrogen-bond donors (Lipinski definition) is 0. The Morgan fingerprint density at radius 1 is 0.720 bits per heavy atom. The van der Waals surface area contributed by atoms with Gasteiger partial charge in [0, 0.05) is 11.1 Å². The first-order valence-corrected chi connectivity index (χ1v) is 9.37. The Bertz CT molecular complexity index is 610. The fraction of sp³-hybridized carbons (Fsp3) is 0.391. The zero-order chi connectivity index (χ0) is 18.1. The highest BCUT2D eigenvalue weighted by molar-refractivity contribution is 6.16. The van der Waals surface area contributed by atoms with Gasteiger partial charge >= 0.3 is 0 Å². The molecular weight excluding hydrogens is 308 g/mol. The molecule has 0 heterocycles. The second kappa shape index (κ2) is 9.93. The van der Waals surface area contributed by atoms with Gasteiger partial charge in [0.1, 0.15) is 0 Å². The lowest BCUT2D eigenvalue weighted by Gasteiger charge is -2.25. The van der Waals surface area contributed by atoms with Gasteiger partial charge in [0.15, 0.2) is 11.6 Å². The molecule has 0 fully saturated rings. The first-order valence-electron chi connectivity index (χ1n) is 9.37. The molecule has 0 saturated carbocycles. The lowest BCUT2D eigenvalue weighted by atomic mass is 9.76. The summed E-state index contributed by atoms with van der Waals surface area (Å²) < 4.78 is 0. The van der Waals surface area contributed by atoms with Crippen LogP contribution in [0.1, 0.15) is 66.7 Å². The number of hydrogen-bond acceptors (Lipinski definition) is 2. The highest BCUT2D eigenvalue weighted by Gasteiger charge is 2.34. The molecule has 1 unspecified atom stereocenters. The van der Waals surface area contributed by atoms with Crippen LogP contribution in [0.25, 0.3) is 0 Å². The molecule has 2 aromatic carbocycles. The normalized spacial score (nSPS) is 12.1. The fourth-order valence-corrected chi connectivity index (χ4v) is 3.43. The van der Waals surface area contributed by atoms with Gasteiger partial charge < -0.3 is 0 Å². The molecule has 1 atom stereocenters. The molecule has 0 saturated heterocycles. The first kappa shape index (κ1) is 19.1. The van der Waals surface area contributed by atoms with Crippen LogP contribution >= 0.6 is 0 Å². The zero-order valence-electron chi connectivity index (χ0n) is 15.3. The first-order chi connectivity index (χ1) is 12.2. The SMILES string of the molecule is CCCCC(CCC)C(C(=O)c1ccccc1)C(=O)c1ccccc1. The second-order valence-electron chi connectivity index (χ2n) is 6.63. The van der Waals surface area contributed by atoms with E-state index in [1.807, 2.05) is 60.7 Å². The molecule has 0 aliphatic carbocycles. The average Bonchev–Trinajstić information content (AvgIpc) is 2.67. The van der Waals surface area contributed by atoms with Crippen molar-refractivity contribution in [3.63, 3.8) is 0 Å². The predicted octanol–water partition coefficient (Wildman–Crippen LogP) is 5.97. The van der Waals surface area contributed by atoms with E-state index in [1.165, 1.54) is 0 Å². The maximum atomic E-state index is 13.2. The van der Waals surface area contributed by atoms with Gasteiger partial charge in [-0.25, -0.2) is 0 Å². The third kappa shape index (κ3) is 5.12. The van der Waals surface area contributed by atoms with E-state index < -0.39 is 5.92 Å². The summed E-state index contributed by atoms with van der Waals surface area (Å²) in [7, 11) is 0. The Morgan fingerprint density at radius 2 is 1.20 bits per heavy atom. The number of carbonyl (C=O) groups excluding carboxylic acids is 2. The molecule has 25 heavy (non-hydrogen) atoms. The van der Waals surface area contributed by atoms with E-state index in [1.54, 1.807) is 0 Å². The molecule has 0 N–H and O–H groups in total. The topological polar surface area (TPSA) is 34.1 Å². The molecule has 2 heteroatoms. The monoisotopic (exact) mass is 336 g/mol. The van der Waals surface area contributed by atoms with Crippen molar-refractivity contribution in [1.82, 2.24) is 0 Å². The van der Waals surface area contributed by atoms with Gasteiger partial charge in [-0.05, 0) is 18.8 Å². The standard InChI is InChI=1S/C23H28O2/c1-3-5-13-18(12-4-2)21(22(24)19-14-8-6-9-15-19)23(25)20-16-10-7-11-17-20/h6-11,14-18,21H,3-5,12-13H2,1-2H3. The highest BCUT2D eigenvalue weighted by Crippen LogP contribution is 2.30. The Labute approximate surface area is 151 Å². The lowest BCUT2D eigenvalue weighted by molar-refractivity contribution is 0.0736. The van der Waals surface area contributed by atoms with Crippen LogP contribution in [0.4, 0.5) is 0 Å². The summed E-state index contributed by atoms with van der Waals surface area (Å²) in [5.74, 6) is -0.560. The molecule has 0 spiro atoms. The average molecular weight is 336 g/mol. The molecule has 0 aliphatic heterocycles. The van der Waals surface area contributed by atoms with E-state index in [0.29, 0.717) is 11.1 Å². The minimum atomic E-state index is -0.587. The van der Waals surface area contributed by atoms with Gasteiger partial charge in [-0.3, -0.25) is 9.59 Å². The van der Waals surface area contributed by atoms with Crippen LogP contribution in [0.5, 0.6) is 0 Å². The van der Waals surface area contributed by atoms with E-state index >= 15 is 0 Å². The van der Waals surface area contributed by atoms with Crippen LogP contribution in [-0.2, 0) is 0 Å². The van der Waals surface area contributed by atoms with E-state index in [4.69, 9.17) is 0 Å². The summed E-state index contributed by atoms with van der Waals surface area (Å²) in [6.45, 7) is 4.27. The molecule has 0 amide bonds. The van der Waals surface area contributed by atoms with Crippen LogP contribution in [0.3, 0.4) is 0 Å². The predicted molar refractivity (Wildman–Crippen MR) is 103 cm³/mol. The van der Waals surface area contributed by atoms with Crippen LogP contribution in [0.15, 0.2) is 60.7 Å². The summed E-state index contributed by atoms with van der Waals surface area (Å²) >= 11 is 0. The van der Waals surface area contributed by atoms with Crippen LogP contribution in [0.2, 0.25) is 0 Å². The quantitative estimate of drug-likeness (QED) is 0.395. The van der Waals surface area contributed by atoms with Crippen LogP contribution in [0, 0.1) is 11.8 Å². The summed E-state index contributed by atoms with van der Waals surface area (Å²) in [6, 6.07) is 18.5. The van der Waals surface area contributed by atoms with E-state index in [-0.39, 0.29) is 17.5 Å². The third-order valence-electron chi connectivity index (χ3n) is 4.74. The number of ketones is 2. The summed E-state index contributed by atoms with van der Waals surface area (Å²) in [4.78, 5) is 26.4. The summed E-state index contributed by atoms with van der Waals surface area (Å²) in [6.07, 6.45) is 4.93. The third-order valence-corrected chi connectivity index (χ3v) is 4.74. The second-order valence-corrected chi connectivity index (χ2v) is 6.63. The largest absolute Gasteiger partial charge is 0.293 e. The Morgan fingerprint density at radius 3 is 1.60 bits per heavy atom. The Balaban J connectivity index is 2.38. The zero-order valence-corrected chi connectivity index (χ0v) is 15.3. The van der Waals surface area contributed by atoms with E-state index in [9.17, 15) is 9.59 Å². The summed E-state index contributed by atoms with van der Waals surface area (Å²) in [5.41, 5.74) is 1.27. The molecule has 2 nitrogen and oxygen atoms in total. The van der Waals surface area contributed by atoms with Gasteiger partial charge in [-0.15, -0.1) is 0 Å². The maximum absolute atomic E-state index is 13.2. The van der Waals surface area contributed by atoms with Gasteiger partial charge in [-0.1, -0.05) is 93.8 Å². The van der Waals surface area contributed by atoms with Crippen molar-refractivity contribution >= 4 is 11.6 Å². The number of carbonyl (C=O) groups is 2. The van der Waals surface area contributed by atoms with Gasteiger partial charge in [0.2, 0.25) is 0 Å². The number of Topliss-reactive ketones (excluding diaryl/α,β-unsaturated/α-hetero) is 2. The van der Waals surface area contributed by atoms with E-state index in [0.717, 1.165) is 32.1 Å². The van der Waals surface area contributed by atoms with Crippen LogP contribution in [-0.4, -0.2) is 11.6 Å². The fourth-order valence-electron chi connectivity index (χ4n) is 3.43. The molecule has 0 bridgehead atoms. The van der Waals surface area contributed by atoms with Crippen molar-refractivity contribution in [2.24, 2.45) is 11.8 Å². The van der Waals surface area contributed by atoms with Gasteiger partial charge in [0.25, 0.3) is 0 Å². The van der Waals surface area contributed by atoms with Crippen molar-refractivity contribution < 1.29 is 9.59 Å². The Hall–Kier alpha value is -2.22. The Kier molecular flexibility index (Phi) is 7.59. The molecule has 2 rings (SSSR count).